The number of hydrogen-bond donors (Lipinski definition) is 3. The molecule has 138 valence electrons. The van der Waals surface area contributed by atoms with E-state index in [0.29, 0.717) is 5.69 Å². The molecule has 0 bridgehead atoms. The Labute approximate surface area is 147 Å². The van der Waals surface area contributed by atoms with Crippen LogP contribution in [0.2, 0.25) is 0 Å². The molecular weight excluding hydrogens is 344 g/mol. The Morgan fingerprint density at radius 1 is 1.15 bits per heavy atom. The molecule has 0 aliphatic rings. The van der Waals surface area contributed by atoms with Gasteiger partial charge in [0.25, 0.3) is 5.91 Å². The Hall–Kier alpha value is -3.63. The van der Waals surface area contributed by atoms with Crippen molar-refractivity contribution in [3.05, 3.63) is 47.1 Å². The van der Waals surface area contributed by atoms with Crippen LogP contribution in [-0.2, 0) is 20.9 Å². The van der Waals surface area contributed by atoms with Crippen LogP contribution in [0.15, 0.2) is 41.5 Å². The summed E-state index contributed by atoms with van der Waals surface area (Å²) >= 11 is 0. The molecule has 0 aliphatic carbocycles. The fourth-order valence-corrected chi connectivity index (χ4v) is 1.92. The highest BCUT2D eigenvalue weighted by molar-refractivity contribution is 5.83. The first-order valence-electron chi connectivity index (χ1n) is 7.69. The number of aromatic nitrogens is 3. The monoisotopic (exact) mass is 362 g/mol. The van der Waals surface area contributed by atoms with Gasteiger partial charge in [-0.2, -0.15) is 5.10 Å². The van der Waals surface area contributed by atoms with E-state index in [1.54, 1.807) is 31.2 Å². The Kier molecular flexibility index (Phi) is 6.48. The van der Waals surface area contributed by atoms with Gasteiger partial charge in [-0.05, 0) is 19.1 Å². The van der Waals surface area contributed by atoms with Crippen LogP contribution in [0.25, 0.3) is 5.69 Å². The van der Waals surface area contributed by atoms with Crippen molar-refractivity contribution < 1.29 is 19.1 Å². The van der Waals surface area contributed by atoms with Gasteiger partial charge in [-0.3, -0.25) is 15.0 Å². The number of nitrogens with zero attached hydrogens (tertiary/aromatic N) is 3. The summed E-state index contributed by atoms with van der Waals surface area (Å²) in [5.74, 6) is -1.27. The van der Waals surface area contributed by atoms with E-state index in [1.165, 1.54) is 10.9 Å². The molecule has 1 aromatic heterocycles. The summed E-state index contributed by atoms with van der Waals surface area (Å²) in [6.07, 6.45) is 1.30. The van der Waals surface area contributed by atoms with Gasteiger partial charge in [0, 0.05) is 0 Å². The minimum atomic E-state index is -0.798. The summed E-state index contributed by atoms with van der Waals surface area (Å²) in [5, 5.41) is 6.05. The second-order valence-electron chi connectivity index (χ2n) is 4.94. The smallest absolute Gasteiger partial charge is 0.350 e. The number of hydrogen-bond acceptors (Lipinski definition) is 6. The first kappa shape index (κ1) is 18.7. The molecule has 0 fully saturated rings. The molecule has 0 spiro atoms. The number of ether oxygens (including phenoxy) is 1. The maximum atomic E-state index is 12.2. The molecule has 3 amide bonds. The van der Waals surface area contributed by atoms with Crippen LogP contribution in [0.4, 0.5) is 4.79 Å². The van der Waals surface area contributed by atoms with Crippen molar-refractivity contribution in [1.29, 1.82) is 0 Å². The number of carbonyl (C=O) groups is 3. The van der Waals surface area contributed by atoms with Crippen molar-refractivity contribution in [2.75, 3.05) is 13.2 Å². The lowest BCUT2D eigenvalue weighted by Gasteiger charge is -2.08. The van der Waals surface area contributed by atoms with Gasteiger partial charge >= 0.3 is 17.7 Å². The molecule has 1 heterocycles. The van der Waals surface area contributed by atoms with Crippen LogP contribution < -0.4 is 21.9 Å². The minimum absolute atomic E-state index is 0.198. The Morgan fingerprint density at radius 3 is 2.58 bits per heavy atom. The predicted molar refractivity (Wildman–Crippen MR) is 89.1 cm³/mol. The largest absolute Gasteiger partial charge is 0.465 e. The number of rotatable bonds is 6. The lowest BCUT2D eigenvalue weighted by atomic mass is 10.3. The van der Waals surface area contributed by atoms with Crippen molar-refractivity contribution >= 4 is 17.9 Å². The SMILES string of the molecule is CCOC(=O)CNC(=O)NNC(=O)Cn1ncn(-c2ccccc2)c1=O. The molecule has 0 saturated carbocycles. The molecule has 0 atom stereocenters. The van der Waals surface area contributed by atoms with E-state index in [-0.39, 0.29) is 13.2 Å². The van der Waals surface area contributed by atoms with E-state index in [1.807, 2.05) is 6.07 Å². The van der Waals surface area contributed by atoms with Crippen molar-refractivity contribution in [2.45, 2.75) is 13.5 Å². The second-order valence-corrected chi connectivity index (χ2v) is 4.94. The predicted octanol–water partition coefficient (Wildman–Crippen LogP) is -1.07. The molecule has 2 aromatic rings. The Bertz CT molecular complexity index is 829. The molecule has 0 saturated heterocycles. The van der Waals surface area contributed by atoms with Gasteiger partial charge in [0.1, 0.15) is 19.4 Å². The molecule has 26 heavy (non-hydrogen) atoms. The van der Waals surface area contributed by atoms with Gasteiger partial charge in [0.05, 0.1) is 12.3 Å². The molecule has 1 aromatic carbocycles. The fraction of sp³-hybridized carbons (Fsp3) is 0.267. The van der Waals surface area contributed by atoms with Gasteiger partial charge in [0.2, 0.25) is 0 Å². The quantitative estimate of drug-likeness (QED) is 0.442. The van der Waals surface area contributed by atoms with Crippen LogP contribution in [0.5, 0.6) is 0 Å². The van der Waals surface area contributed by atoms with E-state index in [2.05, 4.69) is 26.0 Å². The summed E-state index contributed by atoms with van der Waals surface area (Å²) in [4.78, 5) is 46.5. The van der Waals surface area contributed by atoms with E-state index in [9.17, 15) is 19.2 Å². The summed E-state index contributed by atoms with van der Waals surface area (Å²) < 4.78 is 6.86. The molecular formula is C15H18N6O5. The maximum Gasteiger partial charge on any atom is 0.350 e. The van der Waals surface area contributed by atoms with Crippen molar-refractivity contribution in [3.8, 4) is 5.69 Å². The van der Waals surface area contributed by atoms with Crippen LogP contribution in [0, 0.1) is 0 Å². The van der Waals surface area contributed by atoms with Gasteiger partial charge < -0.3 is 10.1 Å². The standard InChI is InChI=1S/C15H18N6O5/c1-2-26-13(23)8-16-14(24)19-18-12(22)9-21-15(25)20(10-17-21)11-6-4-3-5-7-11/h3-7,10H,2,8-9H2,1H3,(H,18,22)(H2,16,19,24). The maximum absolute atomic E-state index is 12.2. The van der Waals surface area contributed by atoms with Crippen LogP contribution in [-0.4, -0.2) is 45.4 Å². The van der Waals surface area contributed by atoms with Crippen molar-refractivity contribution in [1.82, 2.24) is 30.5 Å². The molecule has 3 N–H and O–H groups in total. The average Bonchev–Trinajstić information content (AvgIpc) is 2.99. The van der Waals surface area contributed by atoms with Gasteiger partial charge in [0.15, 0.2) is 0 Å². The third-order valence-electron chi connectivity index (χ3n) is 3.08. The number of urea groups is 1. The lowest BCUT2D eigenvalue weighted by molar-refractivity contribution is -0.141. The normalized spacial score (nSPS) is 10.0. The van der Waals surface area contributed by atoms with E-state index < -0.39 is 30.1 Å². The number of carbonyl (C=O) groups excluding carboxylic acids is 3. The summed E-state index contributed by atoms with van der Waals surface area (Å²) in [6.45, 7) is 1.11. The number of esters is 1. The molecule has 11 nitrogen and oxygen atoms in total. The third-order valence-corrected chi connectivity index (χ3v) is 3.08. The van der Waals surface area contributed by atoms with E-state index in [0.717, 1.165) is 4.68 Å². The number of benzene rings is 1. The number of amides is 3. The van der Waals surface area contributed by atoms with E-state index in [4.69, 9.17) is 0 Å². The number of para-hydroxylation sites is 1. The first-order chi connectivity index (χ1) is 12.5. The third kappa shape index (κ3) is 5.19. The zero-order chi connectivity index (χ0) is 18.9. The van der Waals surface area contributed by atoms with Crippen LogP contribution in [0.3, 0.4) is 0 Å². The summed E-state index contributed by atoms with van der Waals surface area (Å²) in [5.41, 5.74) is 4.26. The summed E-state index contributed by atoms with van der Waals surface area (Å²) in [7, 11) is 0. The number of nitrogens with one attached hydrogen (secondary N) is 3. The van der Waals surface area contributed by atoms with Crippen LogP contribution >= 0.6 is 0 Å². The van der Waals surface area contributed by atoms with E-state index >= 15 is 0 Å². The highest BCUT2D eigenvalue weighted by atomic mass is 16.5. The average molecular weight is 362 g/mol. The van der Waals surface area contributed by atoms with Crippen molar-refractivity contribution in [3.63, 3.8) is 0 Å². The van der Waals surface area contributed by atoms with Crippen LogP contribution in [0.1, 0.15) is 6.92 Å². The Balaban J connectivity index is 1.83. The highest BCUT2D eigenvalue weighted by Crippen LogP contribution is 2.02. The molecule has 0 aliphatic heterocycles. The minimum Gasteiger partial charge on any atom is -0.465 e. The highest BCUT2D eigenvalue weighted by Gasteiger charge is 2.11. The lowest BCUT2D eigenvalue weighted by Crippen LogP contribution is -2.49. The summed E-state index contributed by atoms with van der Waals surface area (Å²) in [6, 6.07) is 8.00. The number of hydrazine groups is 1. The molecule has 0 unspecified atom stereocenters. The second kappa shape index (κ2) is 9.01. The fourth-order valence-electron chi connectivity index (χ4n) is 1.92. The van der Waals surface area contributed by atoms with Gasteiger partial charge in [-0.25, -0.2) is 24.3 Å². The van der Waals surface area contributed by atoms with Gasteiger partial charge in [-0.15, -0.1) is 0 Å². The molecule has 0 radical (unpaired) electrons. The first-order valence-corrected chi connectivity index (χ1v) is 7.69. The zero-order valence-corrected chi connectivity index (χ0v) is 14.0. The molecule has 11 heteroatoms. The molecule has 2 rings (SSSR count). The Morgan fingerprint density at radius 2 is 1.88 bits per heavy atom. The van der Waals surface area contributed by atoms with Crippen molar-refractivity contribution in [2.24, 2.45) is 0 Å². The zero-order valence-electron chi connectivity index (χ0n) is 14.0. The van der Waals surface area contributed by atoms with Gasteiger partial charge in [-0.1, -0.05) is 18.2 Å². The topological polar surface area (TPSA) is 136 Å².